The fourth-order valence-corrected chi connectivity index (χ4v) is 3.71. The van der Waals surface area contributed by atoms with Gasteiger partial charge < -0.3 is 10.2 Å². The number of thiazole rings is 1. The number of carbonyl (C=O) groups excluding carboxylic acids is 2. The summed E-state index contributed by atoms with van der Waals surface area (Å²) in [6.07, 6.45) is 3.25. The molecule has 1 N–H and O–H groups in total. The van der Waals surface area contributed by atoms with Crippen molar-refractivity contribution in [1.82, 2.24) is 9.88 Å². The number of benzene rings is 1. The number of nitrogens with zero attached hydrogens (tertiary/aromatic N) is 2. The molecule has 0 saturated carbocycles. The van der Waals surface area contributed by atoms with Crippen molar-refractivity contribution in [3.05, 3.63) is 45.9 Å². The number of amides is 2. The van der Waals surface area contributed by atoms with Crippen LogP contribution >= 0.6 is 22.9 Å². The van der Waals surface area contributed by atoms with Gasteiger partial charge in [0.05, 0.1) is 5.51 Å². The molecule has 0 radical (unpaired) electrons. The lowest BCUT2D eigenvalue weighted by atomic mass is 9.93. The molecule has 25 heavy (non-hydrogen) atoms. The van der Waals surface area contributed by atoms with Crippen LogP contribution in [0.25, 0.3) is 0 Å². The molecule has 1 saturated heterocycles. The number of likely N-dealkylation sites (tertiary alicyclic amines) is 1. The first-order valence-corrected chi connectivity index (χ1v) is 9.67. The number of nitrogens with one attached hydrogen (secondary N) is 1. The van der Waals surface area contributed by atoms with Crippen LogP contribution in [-0.2, 0) is 4.79 Å². The summed E-state index contributed by atoms with van der Waals surface area (Å²) < 4.78 is 0. The zero-order valence-corrected chi connectivity index (χ0v) is 15.4. The van der Waals surface area contributed by atoms with Gasteiger partial charge in [-0.05, 0) is 49.4 Å². The Labute approximate surface area is 156 Å². The van der Waals surface area contributed by atoms with Gasteiger partial charge >= 0.3 is 0 Å². The Morgan fingerprint density at radius 2 is 2.12 bits per heavy atom. The Morgan fingerprint density at radius 3 is 2.84 bits per heavy atom. The number of anilines is 1. The highest BCUT2D eigenvalue weighted by Crippen LogP contribution is 2.23. The maximum Gasteiger partial charge on any atom is 0.273 e. The Balaban J connectivity index is 1.47. The first-order valence-electron chi connectivity index (χ1n) is 8.34. The van der Waals surface area contributed by atoms with E-state index in [4.69, 9.17) is 11.6 Å². The van der Waals surface area contributed by atoms with Gasteiger partial charge in [0.25, 0.3) is 5.91 Å². The molecular formula is C18H20ClN3O2S. The molecule has 2 amide bonds. The van der Waals surface area contributed by atoms with Gasteiger partial charge in [-0.2, -0.15) is 0 Å². The van der Waals surface area contributed by atoms with Gasteiger partial charge in [0, 0.05) is 35.6 Å². The monoisotopic (exact) mass is 377 g/mol. The van der Waals surface area contributed by atoms with Crippen LogP contribution in [0, 0.1) is 5.92 Å². The van der Waals surface area contributed by atoms with Crippen LogP contribution in [0.5, 0.6) is 0 Å². The third-order valence-electron chi connectivity index (χ3n) is 4.37. The van der Waals surface area contributed by atoms with Crippen LogP contribution in [0.2, 0.25) is 5.02 Å². The average Bonchev–Trinajstić information content (AvgIpc) is 3.16. The van der Waals surface area contributed by atoms with E-state index in [1.54, 1.807) is 35.2 Å². The Hall–Kier alpha value is -1.92. The minimum atomic E-state index is -0.00901. The topological polar surface area (TPSA) is 62.3 Å². The highest BCUT2D eigenvalue weighted by molar-refractivity contribution is 7.07. The maximum atomic E-state index is 12.4. The highest BCUT2D eigenvalue weighted by atomic mass is 35.5. The molecule has 2 aromatic rings. The number of aromatic nitrogens is 1. The molecule has 1 aliphatic rings. The van der Waals surface area contributed by atoms with Crippen molar-refractivity contribution in [1.29, 1.82) is 0 Å². The van der Waals surface area contributed by atoms with Crippen molar-refractivity contribution < 1.29 is 9.59 Å². The van der Waals surface area contributed by atoms with E-state index in [0.29, 0.717) is 29.6 Å². The van der Waals surface area contributed by atoms with E-state index in [1.807, 2.05) is 4.90 Å². The molecule has 1 aromatic heterocycles. The van der Waals surface area contributed by atoms with Crippen LogP contribution in [-0.4, -0.2) is 34.8 Å². The van der Waals surface area contributed by atoms with Gasteiger partial charge in [-0.1, -0.05) is 11.6 Å². The van der Waals surface area contributed by atoms with E-state index in [2.05, 4.69) is 10.3 Å². The number of halogens is 1. The molecule has 132 valence electrons. The maximum absolute atomic E-state index is 12.4. The number of carbonyl (C=O) groups is 2. The minimum Gasteiger partial charge on any atom is -0.337 e. The summed E-state index contributed by atoms with van der Waals surface area (Å²) in [4.78, 5) is 30.5. The lowest BCUT2D eigenvalue weighted by molar-refractivity contribution is -0.116. The van der Waals surface area contributed by atoms with E-state index in [-0.39, 0.29) is 11.8 Å². The second kappa shape index (κ2) is 8.45. The van der Waals surface area contributed by atoms with Crippen molar-refractivity contribution >= 4 is 40.4 Å². The van der Waals surface area contributed by atoms with E-state index < -0.39 is 0 Å². The summed E-state index contributed by atoms with van der Waals surface area (Å²) in [5.74, 6) is 0.342. The van der Waals surface area contributed by atoms with E-state index in [9.17, 15) is 9.59 Å². The van der Waals surface area contributed by atoms with Gasteiger partial charge in [-0.3, -0.25) is 9.59 Å². The van der Waals surface area contributed by atoms with Crippen LogP contribution < -0.4 is 5.32 Å². The zero-order valence-electron chi connectivity index (χ0n) is 13.8. The number of hydrogen-bond acceptors (Lipinski definition) is 4. The summed E-state index contributed by atoms with van der Waals surface area (Å²) >= 11 is 7.27. The fourth-order valence-electron chi connectivity index (χ4n) is 3.06. The predicted molar refractivity (Wildman–Crippen MR) is 100 cm³/mol. The molecule has 5 nitrogen and oxygen atoms in total. The Kier molecular flexibility index (Phi) is 6.04. The summed E-state index contributed by atoms with van der Waals surface area (Å²) in [5, 5.41) is 5.31. The van der Waals surface area contributed by atoms with Crippen LogP contribution in [0.1, 0.15) is 36.2 Å². The lowest BCUT2D eigenvalue weighted by Crippen LogP contribution is -2.40. The average molecular weight is 378 g/mol. The second-order valence-electron chi connectivity index (χ2n) is 6.23. The number of hydrogen-bond donors (Lipinski definition) is 1. The zero-order chi connectivity index (χ0) is 17.6. The molecule has 0 spiro atoms. The second-order valence-corrected chi connectivity index (χ2v) is 7.38. The molecule has 0 bridgehead atoms. The lowest BCUT2D eigenvalue weighted by Gasteiger charge is -2.32. The summed E-state index contributed by atoms with van der Waals surface area (Å²) in [7, 11) is 0. The van der Waals surface area contributed by atoms with Crippen LogP contribution in [0.15, 0.2) is 35.2 Å². The predicted octanol–water partition coefficient (Wildman–Crippen LogP) is 4.07. The normalized spacial score (nSPS) is 17.3. The molecule has 2 heterocycles. The van der Waals surface area contributed by atoms with Gasteiger partial charge in [0.2, 0.25) is 5.91 Å². The van der Waals surface area contributed by atoms with E-state index >= 15 is 0 Å². The highest BCUT2D eigenvalue weighted by Gasteiger charge is 2.25. The van der Waals surface area contributed by atoms with Gasteiger partial charge in [0.1, 0.15) is 5.69 Å². The molecule has 1 aromatic carbocycles. The quantitative estimate of drug-likeness (QED) is 0.854. The third kappa shape index (κ3) is 5.03. The van der Waals surface area contributed by atoms with E-state index in [0.717, 1.165) is 31.5 Å². The largest absolute Gasteiger partial charge is 0.337 e. The Bertz CT molecular complexity index is 718. The van der Waals surface area contributed by atoms with Crippen LogP contribution in [0.3, 0.4) is 0 Å². The summed E-state index contributed by atoms with van der Waals surface area (Å²) in [6, 6.07) is 7.07. The molecule has 1 atom stereocenters. The molecule has 0 aliphatic carbocycles. The number of piperidine rings is 1. The number of rotatable bonds is 5. The molecular weight excluding hydrogens is 358 g/mol. The molecule has 7 heteroatoms. The molecule has 0 unspecified atom stereocenters. The standard InChI is InChI=1S/C18H20ClN3O2S/c19-14-4-6-15(7-5-14)21-17(23)8-3-13-2-1-9-22(10-13)18(24)16-11-25-12-20-16/h4-7,11-13H,1-3,8-10H2,(H,21,23)/t13-/m0/s1. The first kappa shape index (κ1) is 17.9. The van der Waals surface area contributed by atoms with Crippen LogP contribution in [0.4, 0.5) is 5.69 Å². The minimum absolute atomic E-state index is 0.00318. The van der Waals surface area contributed by atoms with Gasteiger partial charge in [-0.25, -0.2) is 4.98 Å². The Morgan fingerprint density at radius 1 is 1.32 bits per heavy atom. The third-order valence-corrected chi connectivity index (χ3v) is 5.20. The van der Waals surface area contributed by atoms with Crippen molar-refractivity contribution in [2.75, 3.05) is 18.4 Å². The van der Waals surface area contributed by atoms with Crippen molar-refractivity contribution in [3.63, 3.8) is 0 Å². The molecule has 1 aliphatic heterocycles. The SMILES string of the molecule is O=C(CC[C@@H]1CCCN(C(=O)c2cscn2)C1)Nc1ccc(Cl)cc1. The smallest absolute Gasteiger partial charge is 0.273 e. The van der Waals surface area contributed by atoms with Gasteiger partial charge in [-0.15, -0.1) is 11.3 Å². The van der Waals surface area contributed by atoms with Crippen molar-refractivity contribution in [2.45, 2.75) is 25.7 Å². The van der Waals surface area contributed by atoms with Crippen molar-refractivity contribution in [2.24, 2.45) is 5.92 Å². The molecule has 1 fully saturated rings. The first-order chi connectivity index (χ1) is 12.1. The summed E-state index contributed by atoms with van der Waals surface area (Å²) in [6.45, 7) is 1.47. The van der Waals surface area contributed by atoms with E-state index in [1.165, 1.54) is 11.3 Å². The molecule has 3 rings (SSSR count). The van der Waals surface area contributed by atoms with Gasteiger partial charge in [0.15, 0.2) is 0 Å². The fraction of sp³-hybridized carbons (Fsp3) is 0.389. The van der Waals surface area contributed by atoms with Crippen molar-refractivity contribution in [3.8, 4) is 0 Å². The summed E-state index contributed by atoms with van der Waals surface area (Å²) in [5.41, 5.74) is 2.94.